The summed E-state index contributed by atoms with van der Waals surface area (Å²) >= 11 is 0. The molecule has 1 aromatic carbocycles. The van der Waals surface area contributed by atoms with E-state index >= 15 is 0 Å². The molecule has 1 heterocycles. The Bertz CT molecular complexity index is 916. The molecule has 1 saturated carbocycles. The first-order valence-corrected chi connectivity index (χ1v) is 12.7. The van der Waals surface area contributed by atoms with E-state index in [0.717, 1.165) is 23.3 Å². The van der Waals surface area contributed by atoms with Crippen LogP contribution >= 0.6 is 0 Å². The average Bonchev–Trinajstić information content (AvgIpc) is 3.51. The van der Waals surface area contributed by atoms with Gasteiger partial charge in [0.25, 0.3) is 0 Å². The van der Waals surface area contributed by atoms with Crippen molar-refractivity contribution in [3.63, 3.8) is 0 Å². The molecule has 1 aliphatic carbocycles. The number of ether oxygens (including phenoxy) is 1. The number of sulfone groups is 1. The lowest BCUT2D eigenvalue weighted by molar-refractivity contribution is -0.124. The number of carbonyl (C=O) groups is 2. The summed E-state index contributed by atoms with van der Waals surface area (Å²) in [6, 6.07) is 4.27. The first-order chi connectivity index (χ1) is 14.7. The zero-order chi connectivity index (χ0) is 22.6. The van der Waals surface area contributed by atoms with Crippen LogP contribution in [-0.2, 0) is 14.6 Å². The van der Waals surface area contributed by atoms with Crippen LogP contribution in [0.3, 0.4) is 0 Å². The highest BCUT2D eigenvalue weighted by molar-refractivity contribution is 7.91. The summed E-state index contributed by atoms with van der Waals surface area (Å²) < 4.78 is 44.6. The zero-order valence-corrected chi connectivity index (χ0v) is 19.0. The van der Waals surface area contributed by atoms with Crippen LogP contribution in [0.2, 0.25) is 0 Å². The smallest absolute Gasteiger partial charge is 0.326 e. The number of urea groups is 1. The number of hydrogen-bond donors (Lipinski definition) is 0. The van der Waals surface area contributed by atoms with E-state index in [0.29, 0.717) is 38.3 Å². The maximum Gasteiger partial charge on any atom is 0.326 e. The molecule has 1 atom stereocenters. The summed E-state index contributed by atoms with van der Waals surface area (Å²) in [6.45, 7) is 2.86. The zero-order valence-electron chi connectivity index (χ0n) is 18.2. The van der Waals surface area contributed by atoms with E-state index in [2.05, 4.69) is 0 Å². The van der Waals surface area contributed by atoms with Crippen molar-refractivity contribution in [2.24, 2.45) is 5.92 Å². The minimum Gasteiger partial charge on any atom is -0.490 e. The van der Waals surface area contributed by atoms with Crippen LogP contribution in [-0.4, -0.2) is 68.4 Å². The Morgan fingerprint density at radius 1 is 1.19 bits per heavy atom. The number of benzene rings is 1. The molecule has 2 aliphatic rings. The Balaban J connectivity index is 1.42. The van der Waals surface area contributed by atoms with E-state index < -0.39 is 15.7 Å². The van der Waals surface area contributed by atoms with Crippen LogP contribution in [0.15, 0.2) is 18.2 Å². The number of nitrogens with zero attached hydrogens (tertiary/aromatic N) is 2. The molecular weight excluding hydrogens is 423 g/mol. The topological polar surface area (TPSA) is 84.0 Å². The van der Waals surface area contributed by atoms with Gasteiger partial charge in [-0.3, -0.25) is 9.69 Å². The highest BCUT2D eigenvalue weighted by Gasteiger charge is 2.32. The minimum absolute atomic E-state index is 0.00932. The number of hydrogen-bond acceptors (Lipinski definition) is 5. The van der Waals surface area contributed by atoms with Crippen LogP contribution in [0, 0.1) is 11.7 Å². The predicted octanol–water partition coefficient (Wildman–Crippen LogP) is 3.20. The van der Waals surface area contributed by atoms with Crippen LogP contribution < -0.4 is 4.74 Å². The fourth-order valence-corrected chi connectivity index (χ4v) is 5.39. The monoisotopic (exact) mass is 454 g/mol. The SMILES string of the molecule is C[C@@H](CS(=O)(=O)CCCCCN1CC(=O)N(C)C1=O)c1ccc(F)c(OCC2CC2)c1. The molecule has 0 radical (unpaired) electrons. The molecule has 0 bridgehead atoms. The van der Waals surface area contributed by atoms with Crippen molar-refractivity contribution in [1.29, 1.82) is 0 Å². The Labute approximate surface area is 183 Å². The van der Waals surface area contributed by atoms with E-state index in [1.54, 1.807) is 12.1 Å². The number of halogens is 1. The van der Waals surface area contributed by atoms with Crippen LogP contribution in [0.25, 0.3) is 0 Å². The molecule has 31 heavy (non-hydrogen) atoms. The highest BCUT2D eigenvalue weighted by atomic mass is 32.2. The third-order valence-corrected chi connectivity index (χ3v) is 7.76. The van der Waals surface area contributed by atoms with Gasteiger partial charge in [0, 0.05) is 13.6 Å². The van der Waals surface area contributed by atoms with Crippen LogP contribution in [0.4, 0.5) is 9.18 Å². The summed E-state index contributed by atoms with van der Waals surface area (Å²) in [5.74, 6) is -0.161. The molecule has 1 saturated heterocycles. The number of likely N-dealkylation sites (N-methyl/N-ethyl adjacent to an activating group) is 1. The standard InChI is InChI=1S/C22H31FN2O5S/c1-16(18-8-9-19(23)20(12-18)30-14-17-6-7-17)15-31(28,29)11-5-3-4-10-25-13-21(26)24(2)22(25)27/h8-9,12,16-17H,3-7,10-11,13-15H2,1-2H3/t16-/m0/s1. The largest absolute Gasteiger partial charge is 0.490 e. The van der Waals surface area contributed by atoms with E-state index in [4.69, 9.17) is 4.74 Å². The molecular formula is C22H31FN2O5S. The van der Waals surface area contributed by atoms with Gasteiger partial charge < -0.3 is 9.64 Å². The molecule has 172 valence electrons. The van der Waals surface area contributed by atoms with Gasteiger partial charge in [-0.2, -0.15) is 0 Å². The molecule has 0 N–H and O–H groups in total. The minimum atomic E-state index is -3.27. The Morgan fingerprint density at radius 3 is 2.58 bits per heavy atom. The first kappa shape index (κ1) is 23.5. The lowest BCUT2D eigenvalue weighted by atomic mass is 10.0. The first-order valence-electron chi connectivity index (χ1n) is 10.8. The molecule has 3 rings (SSSR count). The number of unbranched alkanes of at least 4 members (excludes halogenated alkanes) is 2. The molecule has 0 unspecified atom stereocenters. The van der Waals surface area contributed by atoms with Crippen LogP contribution in [0.5, 0.6) is 5.75 Å². The quantitative estimate of drug-likeness (QED) is 0.358. The van der Waals surface area contributed by atoms with Crippen molar-refractivity contribution in [2.75, 3.05) is 38.2 Å². The molecule has 0 aromatic heterocycles. The maximum absolute atomic E-state index is 14.0. The van der Waals surface area contributed by atoms with Gasteiger partial charge in [-0.1, -0.05) is 19.4 Å². The second-order valence-corrected chi connectivity index (χ2v) is 10.9. The number of rotatable bonds is 12. The molecule has 2 fully saturated rings. The summed E-state index contributed by atoms with van der Waals surface area (Å²) in [4.78, 5) is 25.9. The third kappa shape index (κ3) is 6.66. The van der Waals surface area contributed by atoms with Gasteiger partial charge in [-0.05, 0) is 55.2 Å². The van der Waals surface area contributed by atoms with Gasteiger partial charge in [-0.25, -0.2) is 17.6 Å². The van der Waals surface area contributed by atoms with Gasteiger partial charge in [0.2, 0.25) is 5.91 Å². The van der Waals surface area contributed by atoms with Crippen molar-refractivity contribution < 1.29 is 27.1 Å². The third-order valence-electron chi connectivity index (χ3n) is 5.84. The molecule has 7 nitrogen and oxygen atoms in total. The Kier molecular flexibility index (Phi) is 7.56. The lowest BCUT2D eigenvalue weighted by Gasteiger charge is -2.15. The summed E-state index contributed by atoms with van der Waals surface area (Å²) in [7, 11) is -1.81. The molecule has 1 aromatic rings. The van der Waals surface area contributed by atoms with E-state index in [1.807, 2.05) is 6.92 Å². The Hall–Kier alpha value is -2.16. The number of carbonyl (C=O) groups excluding carboxylic acids is 2. The number of imide groups is 1. The van der Waals surface area contributed by atoms with Gasteiger partial charge in [-0.15, -0.1) is 0 Å². The predicted molar refractivity (Wildman–Crippen MR) is 115 cm³/mol. The maximum atomic E-state index is 14.0. The van der Waals surface area contributed by atoms with Crippen molar-refractivity contribution in [3.8, 4) is 5.75 Å². The molecule has 0 spiro atoms. The van der Waals surface area contributed by atoms with Crippen molar-refractivity contribution in [3.05, 3.63) is 29.6 Å². The average molecular weight is 455 g/mol. The van der Waals surface area contributed by atoms with Gasteiger partial charge >= 0.3 is 6.03 Å². The van der Waals surface area contributed by atoms with E-state index in [9.17, 15) is 22.4 Å². The summed E-state index contributed by atoms with van der Waals surface area (Å²) in [5.41, 5.74) is 0.747. The second kappa shape index (κ2) is 9.97. The molecule has 9 heteroatoms. The highest BCUT2D eigenvalue weighted by Crippen LogP contribution is 2.31. The summed E-state index contributed by atoms with van der Waals surface area (Å²) in [5, 5.41) is 0. The van der Waals surface area contributed by atoms with Crippen molar-refractivity contribution >= 4 is 21.8 Å². The van der Waals surface area contributed by atoms with Crippen molar-refractivity contribution in [1.82, 2.24) is 9.80 Å². The van der Waals surface area contributed by atoms with E-state index in [1.165, 1.54) is 18.0 Å². The lowest BCUT2D eigenvalue weighted by Crippen LogP contribution is -2.30. The fourth-order valence-electron chi connectivity index (χ4n) is 3.62. The van der Waals surface area contributed by atoms with Crippen molar-refractivity contribution in [2.45, 2.75) is 44.9 Å². The fraction of sp³-hybridized carbons (Fsp3) is 0.636. The van der Waals surface area contributed by atoms with Gasteiger partial charge in [0.05, 0.1) is 18.1 Å². The summed E-state index contributed by atoms with van der Waals surface area (Å²) in [6.07, 6.45) is 4.03. The molecule has 1 aliphatic heterocycles. The van der Waals surface area contributed by atoms with Gasteiger partial charge in [0.15, 0.2) is 21.4 Å². The molecule has 3 amide bonds. The van der Waals surface area contributed by atoms with Crippen LogP contribution in [0.1, 0.15) is 50.5 Å². The second-order valence-electron chi connectivity index (χ2n) is 8.68. The number of amides is 3. The van der Waals surface area contributed by atoms with Gasteiger partial charge in [0.1, 0.15) is 6.54 Å². The normalized spacial score (nSPS) is 18.0. The van der Waals surface area contributed by atoms with E-state index in [-0.39, 0.29) is 41.7 Å². The Morgan fingerprint density at radius 2 is 1.94 bits per heavy atom.